The third-order valence-corrected chi connectivity index (χ3v) is 13.3. The molecule has 18 heteroatoms. The lowest BCUT2D eigenvalue weighted by Gasteiger charge is -2.47. The highest BCUT2D eigenvalue weighted by atomic mass is 16.6. The van der Waals surface area contributed by atoms with Gasteiger partial charge in [0.15, 0.2) is 34.5 Å². The maximum atomic E-state index is 13.9. The Balaban J connectivity index is 0.000000321. The van der Waals surface area contributed by atoms with Crippen molar-refractivity contribution in [2.24, 2.45) is 70.2 Å². The number of rotatable bonds is 21. The van der Waals surface area contributed by atoms with Gasteiger partial charge in [-0.05, 0) is 143 Å². The standard InChI is InChI=1S/3C24H38N2O4/c3*1-14(2)9-17-13-26-8-7-16-10-21(28-5)22(29-6)11-18(16)19(26)12-20(17)30-24(27)23(25)15(3)4/h3*10-11,14-15,17,19-20,23H,7-9,12-13,25H2,1-6H3/t3*17?,19?,20?,23-/m000/s1/i2*1D3,3D3,4D3,5D3,9D2,10D,11D,12D2,13D2,14D,15D,17D,23D;1D3,3D3,4D3,9D2,10D,11D,12D2,13D2,14D,15D,17D,23D/t3*14?,17?,19?,20?,23-. The third-order valence-electron chi connectivity index (χ3n) is 13.3. The molecule has 90 heavy (non-hydrogen) atoms. The van der Waals surface area contributed by atoms with E-state index in [1.54, 1.807) is 0 Å². The summed E-state index contributed by atoms with van der Waals surface area (Å²) in [7, 11) is -2.38. The van der Waals surface area contributed by atoms with Crippen LogP contribution < -0.4 is 45.6 Å². The van der Waals surface area contributed by atoms with E-state index in [9.17, 15) is 34.9 Å². The molecule has 6 aliphatic rings. The zero-order valence-electron chi connectivity index (χ0n) is 118. The SMILES string of the molecule is [2H]c1c2c(c([2H])c(OC)c1OC([2H])([2H])[2H])C1N(CC2)C([2H])([2H])C([2H])(C([2H])([2H])C([2H])(C)C([2H])([2H])[2H])C(OC(=O)[C@@]([2H])(N)C([2H])(C([2H])([2H])[2H])C([2H])([2H])[2H])C1([2H])[2H].[2H]c1c2c(c([2H])c(OC)c1OC([2H])([2H])[2H])C1N(CC2)C([2H])([2H])C([2H])(C([2H])([2H])C([2H])(C)C([2H])([2H])[2H])C(OC(=O)[C@@]([2H])(N)C([2H])(C([2H])([2H])[2H])C([2H])([2H])[2H])C1([2H])[2H].[2H]c1c2c(c([2H])c(OC)c1OC)C1N(CC2)C([2H])([2H])C([2H])(C([2H])([2H])C([2H])(C)C([2H])([2H])[2H])C(OC(=O)[C@@]([2H])(N)C([2H])(C([2H])([2H])[2H])C([2H])([2H])[2H])C1([2H])[2H]. The lowest BCUT2D eigenvalue weighted by atomic mass is 9.79. The Bertz CT molecular complexity index is 5690. The second-order valence-electron chi connectivity index (χ2n) is 19.5. The van der Waals surface area contributed by atoms with Crippen molar-refractivity contribution >= 4 is 17.9 Å². The van der Waals surface area contributed by atoms with E-state index in [1.807, 2.05) is 0 Å². The monoisotopic (exact) mass is 1320 g/mol. The van der Waals surface area contributed by atoms with Crippen LogP contribution in [0.5, 0.6) is 34.5 Å². The Morgan fingerprint density at radius 1 is 0.489 bits per heavy atom. The van der Waals surface area contributed by atoms with Crippen molar-refractivity contribution in [3.05, 3.63) is 69.6 Å². The van der Waals surface area contributed by atoms with Gasteiger partial charge in [-0.15, -0.1) is 0 Å². The number of ether oxygens (including phenoxy) is 9. The molecule has 6 heterocycles. The fourth-order valence-corrected chi connectivity index (χ4v) is 9.29. The van der Waals surface area contributed by atoms with Gasteiger partial charge in [0.1, 0.15) is 36.4 Å². The number of benzene rings is 3. The van der Waals surface area contributed by atoms with Gasteiger partial charge in [-0.25, -0.2) is 0 Å². The van der Waals surface area contributed by atoms with Crippen LogP contribution in [-0.2, 0) is 47.9 Å². The number of carbonyl (C=O) groups excluding carboxylic acids is 3. The summed E-state index contributed by atoms with van der Waals surface area (Å²) in [5, 5.41) is 0. The molecule has 9 rings (SSSR count). The largest absolute Gasteiger partial charge is 0.493 e. The minimum absolute atomic E-state index is 0.111. The molecule has 504 valence electrons. The van der Waals surface area contributed by atoms with Crippen LogP contribution in [0.2, 0.25) is 0 Å². The van der Waals surface area contributed by atoms with Crippen molar-refractivity contribution in [3.63, 3.8) is 0 Å². The van der Waals surface area contributed by atoms with E-state index >= 15 is 0 Å². The summed E-state index contributed by atoms with van der Waals surface area (Å²) in [6.07, 6.45) is -35.2. The van der Waals surface area contributed by atoms with Crippen LogP contribution in [0.15, 0.2) is 36.3 Å². The van der Waals surface area contributed by atoms with E-state index in [0.717, 1.165) is 28.4 Å². The first-order valence-corrected chi connectivity index (χ1v) is 26.5. The minimum Gasteiger partial charge on any atom is -0.493 e. The normalized spacial score (nSPS) is 47.3. The highest BCUT2D eigenvalue weighted by Gasteiger charge is 2.45. The molecule has 6 N–H and O–H groups in total. The van der Waals surface area contributed by atoms with Gasteiger partial charge in [0.2, 0.25) is 0 Å². The van der Waals surface area contributed by atoms with Crippen molar-refractivity contribution in [1.82, 2.24) is 14.7 Å². The van der Waals surface area contributed by atoms with Crippen LogP contribution >= 0.6 is 0 Å². The number of carbonyl (C=O) groups is 3. The van der Waals surface area contributed by atoms with Crippen LogP contribution in [0.4, 0.5) is 0 Å². The summed E-state index contributed by atoms with van der Waals surface area (Å²) in [5.41, 5.74) is 14.3. The first kappa shape index (κ1) is 23.2. The van der Waals surface area contributed by atoms with Gasteiger partial charge in [-0.2, -0.15) is 0 Å². The number of fused-ring (bicyclic) bond motifs is 9. The quantitative estimate of drug-likeness (QED) is 0.0666. The molecule has 12 unspecified atom stereocenters. The van der Waals surface area contributed by atoms with Gasteiger partial charge >= 0.3 is 17.9 Å². The Kier molecular flexibility index (Phi) is 8.38. The maximum absolute atomic E-state index is 13.9. The Labute approximate surface area is 636 Å². The molecule has 0 spiro atoms. The number of piperidine rings is 3. The zero-order chi connectivity index (χ0) is 126. The predicted molar refractivity (Wildman–Crippen MR) is 353 cm³/mol. The summed E-state index contributed by atoms with van der Waals surface area (Å²) in [6, 6.07) is -24.4. The number of nitrogens with two attached hydrogens (primary N) is 3. The first-order chi connectivity index (χ1) is 69.7. The highest BCUT2D eigenvalue weighted by molar-refractivity contribution is 5.77. The van der Waals surface area contributed by atoms with Crippen LogP contribution in [0.1, 0.15) is 267 Å². The summed E-state index contributed by atoms with van der Waals surface area (Å²) in [5.74, 6) is -47.6. The van der Waals surface area contributed by atoms with E-state index in [1.165, 1.54) is 0 Å². The topological polar surface area (TPSA) is 222 Å². The number of hydrogen-bond acceptors (Lipinski definition) is 18. The third kappa shape index (κ3) is 17.5. The molecule has 0 radical (unpaired) electrons. The van der Waals surface area contributed by atoms with E-state index in [2.05, 4.69) is 0 Å². The van der Waals surface area contributed by atoms with Crippen LogP contribution in [0.25, 0.3) is 0 Å². The van der Waals surface area contributed by atoms with Crippen LogP contribution in [0.3, 0.4) is 0 Å². The van der Waals surface area contributed by atoms with Crippen molar-refractivity contribution in [2.75, 3.05) is 81.6 Å². The predicted octanol–water partition coefficient (Wildman–Crippen LogP) is 10.7. The lowest BCUT2D eigenvalue weighted by Crippen LogP contribution is -2.51. The molecule has 3 aromatic rings. The van der Waals surface area contributed by atoms with Gasteiger partial charge in [-0.3, -0.25) is 29.1 Å². The molecule has 0 aromatic heterocycles. The summed E-state index contributed by atoms with van der Waals surface area (Å²) in [4.78, 5) is 43.0. The second-order valence-corrected chi connectivity index (χ2v) is 19.5. The average molecular weight is 1330 g/mol. The molecule has 6 aliphatic heterocycles. The molecule has 15 atom stereocenters. The Morgan fingerprint density at radius 3 is 1.00 bits per heavy atom. The van der Waals surface area contributed by atoms with Crippen molar-refractivity contribution in [2.45, 2.75) is 194 Å². The van der Waals surface area contributed by atoms with Gasteiger partial charge in [0.05, 0.1) is 63.1 Å². The smallest absolute Gasteiger partial charge is 0.323 e. The second kappa shape index (κ2) is 32.5. The van der Waals surface area contributed by atoms with E-state index < -0.39 is 373 Å². The summed E-state index contributed by atoms with van der Waals surface area (Å²) < 4.78 is 622. The van der Waals surface area contributed by atoms with E-state index in [4.69, 9.17) is 134 Å². The maximum Gasteiger partial charge on any atom is 0.323 e. The van der Waals surface area contributed by atoms with Crippen molar-refractivity contribution in [1.29, 1.82) is 0 Å². The van der Waals surface area contributed by atoms with Gasteiger partial charge < -0.3 is 59.8 Å². The van der Waals surface area contributed by atoms with E-state index in [0.29, 0.717) is 35.5 Å². The van der Waals surface area contributed by atoms with Crippen molar-refractivity contribution in [3.8, 4) is 34.5 Å². The van der Waals surface area contributed by atoms with Gasteiger partial charge in [-0.1, -0.05) is 82.4 Å². The average Bonchev–Trinajstić information content (AvgIpc) is 0.666. The molecular formula is C72H114N6O12. The molecule has 0 aliphatic carbocycles. The molecular weight excluding hydrogens is 1140 g/mol. The molecule has 18 nitrogen and oxygen atoms in total. The Hall–Kier alpha value is -5.37. The summed E-state index contributed by atoms with van der Waals surface area (Å²) in [6.45, 7) is -48.0. The van der Waals surface area contributed by atoms with E-state index in [-0.39, 0.29) is 28.9 Å². The van der Waals surface area contributed by atoms with Gasteiger partial charge in [0, 0.05) is 168 Å². The lowest BCUT2D eigenvalue weighted by molar-refractivity contribution is -0.161. The number of nitrogens with zero attached hydrogens (tertiary/aromatic N) is 3. The fraction of sp³-hybridized carbons (Fsp3) is 0.708. The summed E-state index contributed by atoms with van der Waals surface area (Å²) >= 11 is 0. The highest BCUT2D eigenvalue weighted by Crippen LogP contribution is 2.48. The molecule has 0 saturated carbocycles. The molecule has 3 saturated heterocycles. The fourth-order valence-electron chi connectivity index (χ4n) is 9.29. The molecule has 0 amide bonds. The minimum atomic E-state index is -4.30. The van der Waals surface area contributed by atoms with Crippen molar-refractivity contribution < 1.29 is 152 Å². The van der Waals surface area contributed by atoms with Crippen LogP contribution in [-0.4, -0.2) is 151 Å². The first-order valence-electron chi connectivity index (χ1n) is 61.0. The molecule has 0 bridgehead atoms. The van der Waals surface area contributed by atoms with Crippen LogP contribution in [0, 0.1) is 53.0 Å². The van der Waals surface area contributed by atoms with Gasteiger partial charge in [0.25, 0.3) is 0 Å². The number of hydrogen-bond donors (Lipinski definition) is 3. The molecule has 3 aromatic carbocycles. The molecule has 3 fully saturated rings. The number of methoxy groups -OCH3 is 6. The number of esters is 3. The Morgan fingerprint density at radius 2 is 0.756 bits per heavy atom. The zero-order valence-corrected chi connectivity index (χ0v) is 49.2.